The zero-order valence-corrected chi connectivity index (χ0v) is 11.8. The molecule has 1 amide bonds. The lowest BCUT2D eigenvalue weighted by Crippen LogP contribution is -2.51. The van der Waals surface area contributed by atoms with E-state index in [4.69, 9.17) is 0 Å². The van der Waals surface area contributed by atoms with Gasteiger partial charge in [0.1, 0.15) is 0 Å². The van der Waals surface area contributed by atoms with Crippen molar-refractivity contribution in [3.05, 3.63) is 0 Å². The van der Waals surface area contributed by atoms with Crippen LogP contribution in [0.15, 0.2) is 0 Å². The number of hydrogen-bond acceptors (Lipinski definition) is 3. The van der Waals surface area contributed by atoms with Crippen molar-refractivity contribution in [3.8, 4) is 0 Å². The van der Waals surface area contributed by atoms with Crippen molar-refractivity contribution in [2.24, 2.45) is 5.92 Å². The summed E-state index contributed by atoms with van der Waals surface area (Å²) in [5.41, 5.74) is 0. The molecule has 0 N–H and O–H groups in total. The normalized spacial score (nSPS) is 24.2. The summed E-state index contributed by atoms with van der Waals surface area (Å²) in [4.78, 5) is 14.1. The Morgan fingerprint density at radius 3 is 2.06 bits per heavy atom. The Morgan fingerprint density at radius 2 is 1.56 bits per heavy atom. The van der Waals surface area contributed by atoms with Gasteiger partial charge in [0.25, 0.3) is 0 Å². The van der Waals surface area contributed by atoms with Crippen LogP contribution >= 0.6 is 0 Å². The number of carbonyl (C=O) groups is 1. The molecule has 2 rings (SSSR count). The van der Waals surface area contributed by atoms with Gasteiger partial charge in [0, 0.05) is 32.1 Å². The topological polar surface area (TPSA) is 57.7 Å². The Kier molecular flexibility index (Phi) is 4.27. The quantitative estimate of drug-likeness (QED) is 0.743. The molecule has 1 saturated heterocycles. The van der Waals surface area contributed by atoms with Crippen molar-refractivity contribution in [1.29, 1.82) is 0 Å². The maximum Gasteiger partial charge on any atom is 0.225 e. The minimum Gasteiger partial charge on any atom is -0.340 e. The van der Waals surface area contributed by atoms with Crippen LogP contribution in [0.1, 0.15) is 32.1 Å². The second-order valence-electron chi connectivity index (χ2n) is 5.32. The van der Waals surface area contributed by atoms with Gasteiger partial charge in [-0.15, -0.1) is 0 Å². The predicted molar refractivity (Wildman–Crippen MR) is 69.6 cm³/mol. The van der Waals surface area contributed by atoms with E-state index in [9.17, 15) is 13.2 Å². The van der Waals surface area contributed by atoms with Crippen LogP contribution in [0.2, 0.25) is 0 Å². The molecule has 1 aliphatic heterocycles. The van der Waals surface area contributed by atoms with Gasteiger partial charge < -0.3 is 4.90 Å². The number of amides is 1. The minimum atomic E-state index is -3.10. The molecule has 0 aromatic heterocycles. The van der Waals surface area contributed by atoms with Crippen molar-refractivity contribution < 1.29 is 13.2 Å². The number of sulfonamides is 1. The van der Waals surface area contributed by atoms with E-state index in [1.807, 2.05) is 4.90 Å². The fraction of sp³-hybridized carbons (Fsp3) is 0.917. The van der Waals surface area contributed by atoms with E-state index in [1.165, 1.54) is 17.0 Å². The average Bonchev–Trinajstić information content (AvgIpc) is 2.38. The third-order valence-corrected chi connectivity index (χ3v) is 5.28. The number of rotatable bonds is 2. The molecule has 0 bridgehead atoms. The van der Waals surface area contributed by atoms with Crippen LogP contribution in [0.5, 0.6) is 0 Å². The van der Waals surface area contributed by atoms with Gasteiger partial charge in [0.2, 0.25) is 15.9 Å². The fourth-order valence-corrected chi connectivity index (χ4v) is 3.67. The second-order valence-corrected chi connectivity index (χ2v) is 7.30. The number of piperazine rings is 1. The number of carbonyl (C=O) groups excluding carboxylic acids is 1. The Hall–Kier alpha value is -0.620. The first kappa shape index (κ1) is 13.8. The van der Waals surface area contributed by atoms with E-state index in [2.05, 4.69) is 0 Å². The summed E-state index contributed by atoms with van der Waals surface area (Å²) in [6, 6.07) is 0. The molecule has 5 nitrogen and oxygen atoms in total. The van der Waals surface area contributed by atoms with E-state index in [1.54, 1.807) is 0 Å². The molecule has 1 heterocycles. The first-order chi connectivity index (χ1) is 8.48. The van der Waals surface area contributed by atoms with Crippen LogP contribution < -0.4 is 0 Å². The molecule has 0 radical (unpaired) electrons. The highest BCUT2D eigenvalue weighted by molar-refractivity contribution is 7.88. The highest BCUT2D eigenvalue weighted by atomic mass is 32.2. The standard InChI is InChI=1S/C12H22N2O3S/c1-18(16,17)14-9-7-13(8-10-14)12(15)11-5-3-2-4-6-11/h11H,2-10H2,1H3. The van der Waals surface area contributed by atoms with E-state index in [0.717, 1.165) is 25.7 Å². The Morgan fingerprint density at radius 1 is 1.00 bits per heavy atom. The highest BCUT2D eigenvalue weighted by Crippen LogP contribution is 2.25. The lowest BCUT2D eigenvalue weighted by molar-refractivity contribution is -0.137. The molecule has 0 unspecified atom stereocenters. The highest BCUT2D eigenvalue weighted by Gasteiger charge is 2.30. The predicted octanol–water partition coefficient (Wildman–Crippen LogP) is 0.670. The fourth-order valence-electron chi connectivity index (χ4n) is 2.85. The molecule has 104 valence electrons. The van der Waals surface area contributed by atoms with Crippen LogP contribution in [-0.4, -0.2) is 56.0 Å². The molecule has 1 saturated carbocycles. The van der Waals surface area contributed by atoms with Crippen molar-refractivity contribution >= 4 is 15.9 Å². The van der Waals surface area contributed by atoms with Crippen molar-refractivity contribution in [2.75, 3.05) is 32.4 Å². The van der Waals surface area contributed by atoms with Crippen molar-refractivity contribution in [3.63, 3.8) is 0 Å². The summed E-state index contributed by atoms with van der Waals surface area (Å²) < 4.78 is 24.2. The molecule has 2 fully saturated rings. The van der Waals surface area contributed by atoms with E-state index in [0.29, 0.717) is 26.2 Å². The lowest BCUT2D eigenvalue weighted by atomic mass is 9.88. The van der Waals surface area contributed by atoms with E-state index in [-0.39, 0.29) is 11.8 Å². The number of nitrogens with zero attached hydrogens (tertiary/aromatic N) is 2. The van der Waals surface area contributed by atoms with Crippen LogP contribution in [0.3, 0.4) is 0 Å². The summed E-state index contributed by atoms with van der Waals surface area (Å²) in [6.45, 7) is 1.97. The maximum atomic E-state index is 12.3. The second kappa shape index (κ2) is 5.57. The third-order valence-electron chi connectivity index (χ3n) is 3.97. The first-order valence-electron chi connectivity index (χ1n) is 6.72. The zero-order chi connectivity index (χ0) is 13.2. The van der Waals surface area contributed by atoms with Crippen LogP contribution in [-0.2, 0) is 14.8 Å². The lowest BCUT2D eigenvalue weighted by Gasteiger charge is -2.36. The summed E-state index contributed by atoms with van der Waals surface area (Å²) in [6.07, 6.45) is 6.78. The molecule has 1 aliphatic carbocycles. The van der Waals surface area contributed by atoms with Gasteiger partial charge >= 0.3 is 0 Å². The van der Waals surface area contributed by atoms with Crippen LogP contribution in [0, 0.1) is 5.92 Å². The molecule has 6 heteroatoms. The van der Waals surface area contributed by atoms with Gasteiger partial charge in [-0.1, -0.05) is 19.3 Å². The smallest absolute Gasteiger partial charge is 0.225 e. The minimum absolute atomic E-state index is 0.184. The van der Waals surface area contributed by atoms with Gasteiger partial charge in [0.15, 0.2) is 0 Å². The molecule has 0 atom stereocenters. The average molecular weight is 274 g/mol. The van der Waals surface area contributed by atoms with E-state index < -0.39 is 10.0 Å². The third kappa shape index (κ3) is 3.23. The largest absolute Gasteiger partial charge is 0.340 e. The summed E-state index contributed by atoms with van der Waals surface area (Å²) >= 11 is 0. The molecule has 0 aromatic rings. The zero-order valence-electron chi connectivity index (χ0n) is 11.0. The maximum absolute atomic E-state index is 12.3. The molecule has 18 heavy (non-hydrogen) atoms. The van der Waals surface area contributed by atoms with Gasteiger partial charge in [0.05, 0.1) is 6.26 Å². The summed E-state index contributed by atoms with van der Waals surface area (Å²) in [7, 11) is -3.10. The molecule has 2 aliphatic rings. The SMILES string of the molecule is CS(=O)(=O)N1CCN(C(=O)C2CCCCC2)CC1. The Balaban J connectivity index is 1.87. The van der Waals surface area contributed by atoms with Gasteiger partial charge in [-0.25, -0.2) is 8.42 Å². The first-order valence-corrected chi connectivity index (χ1v) is 8.57. The molecular weight excluding hydrogens is 252 g/mol. The van der Waals surface area contributed by atoms with Crippen molar-refractivity contribution in [2.45, 2.75) is 32.1 Å². The van der Waals surface area contributed by atoms with Crippen molar-refractivity contribution in [1.82, 2.24) is 9.21 Å². The molecule has 0 aromatic carbocycles. The van der Waals surface area contributed by atoms with E-state index >= 15 is 0 Å². The number of hydrogen-bond donors (Lipinski definition) is 0. The van der Waals surface area contributed by atoms with Crippen LogP contribution in [0.4, 0.5) is 0 Å². The monoisotopic (exact) mass is 274 g/mol. The molecule has 0 spiro atoms. The molecular formula is C12H22N2O3S. The van der Waals surface area contributed by atoms with Gasteiger partial charge in [-0.2, -0.15) is 4.31 Å². The van der Waals surface area contributed by atoms with Gasteiger partial charge in [-0.3, -0.25) is 4.79 Å². The van der Waals surface area contributed by atoms with Crippen LogP contribution in [0.25, 0.3) is 0 Å². The van der Waals surface area contributed by atoms with Gasteiger partial charge in [-0.05, 0) is 12.8 Å². The summed E-state index contributed by atoms with van der Waals surface area (Å²) in [5.74, 6) is 0.423. The Labute approximate surface area is 109 Å². The Bertz CT molecular complexity index is 394. The summed E-state index contributed by atoms with van der Waals surface area (Å²) in [5, 5.41) is 0.